The van der Waals surface area contributed by atoms with E-state index in [1.54, 1.807) is 24.3 Å². The molecule has 0 saturated carbocycles. The monoisotopic (exact) mass is 208 g/mol. The lowest BCUT2D eigenvalue weighted by Gasteiger charge is -2.03. The van der Waals surface area contributed by atoms with Crippen molar-refractivity contribution in [2.75, 3.05) is 0 Å². The van der Waals surface area contributed by atoms with Gasteiger partial charge in [-0.25, -0.2) is 0 Å². The summed E-state index contributed by atoms with van der Waals surface area (Å²) in [6.07, 6.45) is -0.220. The largest absolute Gasteiger partial charge is 0.426 e. The summed E-state index contributed by atoms with van der Waals surface area (Å²) in [4.78, 5) is 21.7. The number of aliphatic hydroxyl groups is 1. The van der Waals surface area contributed by atoms with Gasteiger partial charge in [-0.2, -0.15) is 0 Å². The lowest BCUT2D eigenvalue weighted by Crippen LogP contribution is -2.11. The van der Waals surface area contributed by atoms with Crippen LogP contribution in [0, 0.1) is 0 Å². The van der Waals surface area contributed by atoms with Gasteiger partial charge in [0, 0.05) is 0 Å². The van der Waals surface area contributed by atoms with Crippen LogP contribution in [0.15, 0.2) is 24.3 Å². The lowest BCUT2D eigenvalue weighted by atomic mass is 10.2. The Morgan fingerprint density at radius 3 is 2.33 bits per heavy atom. The molecule has 0 spiro atoms. The molecule has 0 aliphatic heterocycles. The number of hydrogen-bond donors (Lipinski definition) is 1. The number of hydrogen-bond acceptors (Lipinski definition) is 4. The Labute approximate surface area is 87.5 Å². The summed E-state index contributed by atoms with van der Waals surface area (Å²) in [6.45, 7) is 1.28. The molecule has 0 amide bonds. The first-order chi connectivity index (χ1) is 7.11. The number of ether oxygens (including phenoxy) is 1. The Morgan fingerprint density at radius 2 is 1.87 bits per heavy atom. The van der Waals surface area contributed by atoms with Gasteiger partial charge in [-0.1, -0.05) is 12.1 Å². The first-order valence-electron chi connectivity index (χ1n) is 4.51. The molecule has 0 aromatic heterocycles. The molecule has 0 saturated heterocycles. The molecular weight excluding hydrogens is 196 g/mol. The fourth-order valence-electron chi connectivity index (χ4n) is 1.03. The number of Topliss-reactive ketones (excluding diaryl/α,β-unsaturated/α-hetero) is 1. The SMILES string of the molecule is CC(=O)CC(=O)Oc1ccc(CO)cc1. The number of benzene rings is 1. The molecule has 0 fully saturated rings. The van der Waals surface area contributed by atoms with Crippen LogP contribution >= 0.6 is 0 Å². The van der Waals surface area contributed by atoms with E-state index in [0.717, 1.165) is 5.56 Å². The van der Waals surface area contributed by atoms with Gasteiger partial charge in [-0.15, -0.1) is 0 Å². The quantitative estimate of drug-likeness (QED) is 0.456. The summed E-state index contributed by atoms with van der Waals surface area (Å²) in [5, 5.41) is 8.78. The maximum atomic E-state index is 11.1. The number of carbonyl (C=O) groups excluding carboxylic acids is 2. The van der Waals surface area contributed by atoms with Crippen LogP contribution in [-0.2, 0) is 16.2 Å². The van der Waals surface area contributed by atoms with Crippen molar-refractivity contribution in [1.29, 1.82) is 0 Å². The average Bonchev–Trinajstić information content (AvgIpc) is 2.17. The highest BCUT2D eigenvalue weighted by Gasteiger charge is 2.07. The minimum absolute atomic E-state index is 0.0539. The molecule has 1 aromatic carbocycles. The first kappa shape index (κ1) is 11.4. The number of esters is 1. The summed E-state index contributed by atoms with van der Waals surface area (Å²) in [5.74, 6) is -0.426. The summed E-state index contributed by atoms with van der Waals surface area (Å²) in [5.41, 5.74) is 0.737. The van der Waals surface area contributed by atoms with Crippen LogP contribution < -0.4 is 4.74 Å². The molecule has 15 heavy (non-hydrogen) atoms. The van der Waals surface area contributed by atoms with E-state index in [0.29, 0.717) is 5.75 Å². The third-order valence-corrected chi connectivity index (χ3v) is 1.73. The second kappa shape index (κ2) is 5.26. The Kier molecular flexibility index (Phi) is 4.00. The van der Waals surface area contributed by atoms with Crippen LogP contribution in [0.4, 0.5) is 0 Å². The summed E-state index contributed by atoms with van der Waals surface area (Å²) >= 11 is 0. The first-order valence-corrected chi connectivity index (χ1v) is 4.51. The Balaban J connectivity index is 2.57. The molecule has 1 N–H and O–H groups in total. The summed E-state index contributed by atoms with van der Waals surface area (Å²) < 4.78 is 4.88. The molecule has 4 heteroatoms. The summed E-state index contributed by atoms with van der Waals surface area (Å²) in [7, 11) is 0. The van der Waals surface area contributed by atoms with E-state index in [2.05, 4.69) is 0 Å². The molecule has 0 heterocycles. The average molecular weight is 208 g/mol. The summed E-state index contributed by atoms with van der Waals surface area (Å²) in [6, 6.07) is 6.44. The Morgan fingerprint density at radius 1 is 1.27 bits per heavy atom. The van der Waals surface area contributed by atoms with Gasteiger partial charge in [0.25, 0.3) is 0 Å². The van der Waals surface area contributed by atoms with Crippen molar-refractivity contribution in [1.82, 2.24) is 0 Å². The second-order valence-corrected chi connectivity index (χ2v) is 3.15. The molecule has 0 aliphatic rings. The fraction of sp³-hybridized carbons (Fsp3) is 0.273. The second-order valence-electron chi connectivity index (χ2n) is 3.15. The normalized spacial score (nSPS) is 9.73. The van der Waals surface area contributed by atoms with Gasteiger partial charge in [0.2, 0.25) is 0 Å². The zero-order valence-corrected chi connectivity index (χ0v) is 8.40. The Bertz CT molecular complexity index is 353. The number of carbonyl (C=O) groups is 2. The van der Waals surface area contributed by atoms with Gasteiger partial charge >= 0.3 is 5.97 Å². The van der Waals surface area contributed by atoms with Crippen LogP contribution in [0.3, 0.4) is 0 Å². The zero-order valence-electron chi connectivity index (χ0n) is 8.40. The van der Waals surface area contributed by atoms with Crippen molar-refractivity contribution < 1.29 is 19.4 Å². The van der Waals surface area contributed by atoms with Crippen molar-refractivity contribution in [3.8, 4) is 5.75 Å². The standard InChI is InChI=1S/C11H12O4/c1-8(13)6-11(14)15-10-4-2-9(7-12)3-5-10/h2-5,12H,6-7H2,1H3. The third-order valence-electron chi connectivity index (χ3n) is 1.73. The third kappa shape index (κ3) is 3.91. The smallest absolute Gasteiger partial charge is 0.318 e. The van der Waals surface area contributed by atoms with Gasteiger partial charge < -0.3 is 9.84 Å². The van der Waals surface area contributed by atoms with Crippen molar-refractivity contribution in [3.05, 3.63) is 29.8 Å². The van der Waals surface area contributed by atoms with Crippen LogP contribution in [0.2, 0.25) is 0 Å². The van der Waals surface area contributed by atoms with E-state index in [1.807, 2.05) is 0 Å². The maximum absolute atomic E-state index is 11.1. The van der Waals surface area contributed by atoms with E-state index >= 15 is 0 Å². The van der Waals surface area contributed by atoms with Gasteiger partial charge in [0.15, 0.2) is 0 Å². The van der Waals surface area contributed by atoms with Crippen LogP contribution in [-0.4, -0.2) is 16.9 Å². The van der Waals surface area contributed by atoms with Crippen LogP contribution in [0.1, 0.15) is 18.9 Å². The van der Waals surface area contributed by atoms with Crippen molar-refractivity contribution in [2.24, 2.45) is 0 Å². The Hall–Kier alpha value is -1.68. The number of rotatable bonds is 4. The molecule has 0 aliphatic carbocycles. The highest BCUT2D eigenvalue weighted by atomic mass is 16.5. The molecule has 0 radical (unpaired) electrons. The minimum Gasteiger partial charge on any atom is -0.426 e. The highest BCUT2D eigenvalue weighted by molar-refractivity contribution is 5.94. The highest BCUT2D eigenvalue weighted by Crippen LogP contribution is 2.12. The molecule has 0 atom stereocenters. The van der Waals surface area contributed by atoms with E-state index < -0.39 is 5.97 Å². The van der Waals surface area contributed by atoms with Gasteiger partial charge in [0.1, 0.15) is 18.0 Å². The predicted molar refractivity (Wildman–Crippen MR) is 53.3 cm³/mol. The van der Waals surface area contributed by atoms with Crippen molar-refractivity contribution >= 4 is 11.8 Å². The fourth-order valence-corrected chi connectivity index (χ4v) is 1.03. The molecule has 80 valence electrons. The van der Waals surface area contributed by atoms with E-state index in [4.69, 9.17) is 9.84 Å². The molecule has 1 rings (SSSR count). The molecular formula is C11H12O4. The van der Waals surface area contributed by atoms with Crippen molar-refractivity contribution in [3.63, 3.8) is 0 Å². The van der Waals surface area contributed by atoms with E-state index in [9.17, 15) is 9.59 Å². The van der Waals surface area contributed by atoms with E-state index in [-0.39, 0.29) is 18.8 Å². The number of aliphatic hydroxyl groups excluding tert-OH is 1. The van der Waals surface area contributed by atoms with Gasteiger partial charge in [-0.05, 0) is 24.6 Å². The minimum atomic E-state index is -0.570. The van der Waals surface area contributed by atoms with Crippen LogP contribution in [0.25, 0.3) is 0 Å². The van der Waals surface area contributed by atoms with Gasteiger partial charge in [-0.3, -0.25) is 9.59 Å². The van der Waals surface area contributed by atoms with Gasteiger partial charge in [0.05, 0.1) is 6.61 Å². The topological polar surface area (TPSA) is 63.6 Å². The van der Waals surface area contributed by atoms with Crippen molar-refractivity contribution in [2.45, 2.75) is 20.0 Å². The molecule has 0 unspecified atom stereocenters. The van der Waals surface area contributed by atoms with Crippen LogP contribution in [0.5, 0.6) is 5.75 Å². The lowest BCUT2D eigenvalue weighted by molar-refractivity contribution is -0.137. The molecule has 4 nitrogen and oxygen atoms in total. The number of ketones is 1. The van der Waals surface area contributed by atoms with E-state index in [1.165, 1.54) is 6.92 Å². The predicted octanol–water partition coefficient (Wildman–Crippen LogP) is 1.06. The molecule has 1 aromatic rings. The zero-order chi connectivity index (χ0) is 11.3. The maximum Gasteiger partial charge on any atom is 0.318 e. The molecule has 0 bridgehead atoms.